The number of thiazole rings is 1. The van der Waals surface area contributed by atoms with Gasteiger partial charge in [-0.25, -0.2) is 4.98 Å². The molecule has 2 heterocycles. The molecule has 2 N–H and O–H groups in total. The monoisotopic (exact) mass is 310 g/mol. The van der Waals surface area contributed by atoms with Crippen LogP contribution in [0, 0.1) is 5.41 Å². The second-order valence-corrected chi connectivity index (χ2v) is 7.51. The summed E-state index contributed by atoms with van der Waals surface area (Å²) in [6.45, 7) is 9.07. The molecule has 5 nitrogen and oxygen atoms in total. The molecule has 0 aliphatic carbocycles. The highest BCUT2D eigenvalue weighted by atomic mass is 32.1. The van der Waals surface area contributed by atoms with Crippen molar-refractivity contribution in [1.29, 1.82) is 0 Å². The molecule has 0 bridgehead atoms. The predicted molar refractivity (Wildman–Crippen MR) is 89.0 cm³/mol. The van der Waals surface area contributed by atoms with E-state index in [1.165, 1.54) is 17.8 Å². The van der Waals surface area contributed by atoms with E-state index in [2.05, 4.69) is 25.8 Å². The molecule has 1 fully saturated rings. The number of hydrogen-bond donors (Lipinski definition) is 1. The fourth-order valence-electron chi connectivity index (χ4n) is 2.54. The Labute approximate surface area is 131 Å². The fraction of sp³-hybridized carbons (Fsp3) is 0.733. The highest BCUT2D eigenvalue weighted by Gasteiger charge is 2.28. The van der Waals surface area contributed by atoms with Gasteiger partial charge in [-0.3, -0.25) is 4.79 Å². The van der Waals surface area contributed by atoms with E-state index in [9.17, 15) is 4.79 Å². The summed E-state index contributed by atoms with van der Waals surface area (Å²) in [4.78, 5) is 21.6. The Morgan fingerprint density at radius 2 is 2.14 bits per heavy atom. The number of nitrogens with zero attached hydrogens (tertiary/aromatic N) is 3. The standard InChI is InChI=1S/C15H26N4OS/c1-5-18(4)14-17-12(16)11(21-14)13(20)19-9-6-7-15(2,3)8-10-19/h5-10,16H2,1-4H3. The Balaban J connectivity index is 2.14. The van der Waals surface area contributed by atoms with Gasteiger partial charge in [0.05, 0.1) is 0 Å². The Kier molecular flexibility index (Phi) is 4.76. The van der Waals surface area contributed by atoms with Crippen molar-refractivity contribution in [2.75, 3.05) is 37.3 Å². The molecule has 1 aliphatic heterocycles. The lowest BCUT2D eigenvalue weighted by Crippen LogP contribution is -2.32. The van der Waals surface area contributed by atoms with Crippen LogP contribution in [0.3, 0.4) is 0 Å². The van der Waals surface area contributed by atoms with Crippen LogP contribution in [0.2, 0.25) is 0 Å². The van der Waals surface area contributed by atoms with Crippen LogP contribution in [0.1, 0.15) is 49.7 Å². The number of amides is 1. The molecule has 2 rings (SSSR count). The number of nitrogen functional groups attached to an aromatic ring is 1. The summed E-state index contributed by atoms with van der Waals surface area (Å²) in [6.07, 6.45) is 3.26. The van der Waals surface area contributed by atoms with Crippen LogP contribution in [0.25, 0.3) is 0 Å². The molecule has 0 aromatic carbocycles. The third kappa shape index (κ3) is 3.67. The maximum Gasteiger partial charge on any atom is 0.267 e. The molecule has 0 saturated carbocycles. The molecule has 1 aliphatic rings. The average Bonchev–Trinajstić information content (AvgIpc) is 2.72. The smallest absolute Gasteiger partial charge is 0.267 e. The minimum Gasteiger partial charge on any atom is -0.382 e. The maximum absolute atomic E-state index is 12.7. The highest BCUT2D eigenvalue weighted by Crippen LogP contribution is 2.32. The summed E-state index contributed by atoms with van der Waals surface area (Å²) in [6, 6.07) is 0. The number of carbonyl (C=O) groups is 1. The molecule has 1 saturated heterocycles. The number of likely N-dealkylation sites (tertiary alicyclic amines) is 1. The van der Waals surface area contributed by atoms with Crippen LogP contribution in [-0.2, 0) is 0 Å². The van der Waals surface area contributed by atoms with Crippen molar-refractivity contribution in [3.8, 4) is 0 Å². The lowest BCUT2D eigenvalue weighted by Gasteiger charge is -2.23. The summed E-state index contributed by atoms with van der Waals surface area (Å²) >= 11 is 1.40. The lowest BCUT2D eigenvalue weighted by atomic mass is 9.85. The molecule has 6 heteroatoms. The van der Waals surface area contributed by atoms with E-state index < -0.39 is 0 Å². The molecule has 0 radical (unpaired) electrons. The molecule has 21 heavy (non-hydrogen) atoms. The van der Waals surface area contributed by atoms with Crippen molar-refractivity contribution in [3.63, 3.8) is 0 Å². The van der Waals surface area contributed by atoms with Gasteiger partial charge >= 0.3 is 0 Å². The molecular weight excluding hydrogens is 284 g/mol. The largest absolute Gasteiger partial charge is 0.382 e. The Morgan fingerprint density at radius 1 is 1.43 bits per heavy atom. The Hall–Kier alpha value is -1.30. The van der Waals surface area contributed by atoms with Crippen LogP contribution >= 0.6 is 11.3 Å². The van der Waals surface area contributed by atoms with Crippen LogP contribution in [-0.4, -0.2) is 42.5 Å². The summed E-state index contributed by atoms with van der Waals surface area (Å²) in [5.74, 6) is 0.405. The summed E-state index contributed by atoms with van der Waals surface area (Å²) in [7, 11) is 1.96. The van der Waals surface area contributed by atoms with Gasteiger partial charge in [-0.15, -0.1) is 0 Å². The SMILES string of the molecule is CCN(C)c1nc(N)c(C(=O)N2CCCC(C)(C)CC2)s1. The Bertz CT molecular complexity index is 512. The van der Waals surface area contributed by atoms with Gasteiger partial charge < -0.3 is 15.5 Å². The third-order valence-electron chi connectivity index (χ3n) is 4.26. The zero-order chi connectivity index (χ0) is 15.6. The minimum atomic E-state index is 0.0402. The van der Waals surface area contributed by atoms with Gasteiger partial charge in [0.25, 0.3) is 5.91 Å². The molecule has 118 valence electrons. The molecule has 0 unspecified atom stereocenters. The van der Waals surface area contributed by atoms with Crippen molar-refractivity contribution in [3.05, 3.63) is 4.88 Å². The number of rotatable bonds is 3. The van der Waals surface area contributed by atoms with Crippen LogP contribution < -0.4 is 10.6 Å². The first kappa shape index (κ1) is 16.1. The van der Waals surface area contributed by atoms with E-state index in [0.29, 0.717) is 16.1 Å². The second-order valence-electron chi connectivity index (χ2n) is 6.53. The van der Waals surface area contributed by atoms with Crippen LogP contribution in [0.4, 0.5) is 10.9 Å². The highest BCUT2D eigenvalue weighted by molar-refractivity contribution is 7.18. The zero-order valence-corrected chi connectivity index (χ0v) is 14.3. The van der Waals surface area contributed by atoms with Crippen molar-refractivity contribution in [1.82, 2.24) is 9.88 Å². The first-order valence-corrected chi connectivity index (χ1v) is 8.42. The van der Waals surface area contributed by atoms with Gasteiger partial charge in [-0.05, 0) is 31.6 Å². The predicted octanol–water partition coefficient (Wildman–Crippen LogP) is 2.83. The lowest BCUT2D eigenvalue weighted by molar-refractivity contribution is 0.0763. The van der Waals surface area contributed by atoms with E-state index in [4.69, 9.17) is 5.73 Å². The van der Waals surface area contributed by atoms with Gasteiger partial charge in [0.15, 0.2) is 5.13 Å². The number of carbonyl (C=O) groups excluding carboxylic acids is 1. The van der Waals surface area contributed by atoms with Crippen molar-refractivity contribution < 1.29 is 4.79 Å². The van der Waals surface area contributed by atoms with E-state index >= 15 is 0 Å². The van der Waals surface area contributed by atoms with Crippen molar-refractivity contribution in [2.24, 2.45) is 5.41 Å². The molecule has 1 amide bonds. The van der Waals surface area contributed by atoms with E-state index in [0.717, 1.165) is 37.6 Å². The summed E-state index contributed by atoms with van der Waals surface area (Å²) < 4.78 is 0. The third-order valence-corrected chi connectivity index (χ3v) is 5.44. The van der Waals surface area contributed by atoms with E-state index in [-0.39, 0.29) is 5.91 Å². The molecule has 0 atom stereocenters. The second kappa shape index (κ2) is 6.22. The molecule has 1 aromatic rings. The fourth-order valence-corrected chi connectivity index (χ4v) is 3.52. The van der Waals surface area contributed by atoms with Gasteiger partial charge in [0.1, 0.15) is 10.7 Å². The van der Waals surface area contributed by atoms with E-state index in [1.807, 2.05) is 16.8 Å². The van der Waals surface area contributed by atoms with Crippen molar-refractivity contribution in [2.45, 2.75) is 40.0 Å². The van der Waals surface area contributed by atoms with Gasteiger partial charge in [0.2, 0.25) is 0 Å². The quantitative estimate of drug-likeness (QED) is 0.932. The molecule has 1 aromatic heterocycles. The van der Waals surface area contributed by atoms with Crippen molar-refractivity contribution >= 4 is 28.2 Å². The maximum atomic E-state index is 12.7. The number of aromatic nitrogens is 1. The summed E-state index contributed by atoms with van der Waals surface area (Å²) in [5.41, 5.74) is 6.28. The first-order chi connectivity index (χ1) is 9.84. The topological polar surface area (TPSA) is 62.5 Å². The Morgan fingerprint density at radius 3 is 2.81 bits per heavy atom. The number of nitrogens with two attached hydrogens (primary N) is 1. The first-order valence-electron chi connectivity index (χ1n) is 7.61. The summed E-state index contributed by atoms with van der Waals surface area (Å²) in [5, 5.41) is 0.813. The van der Waals surface area contributed by atoms with E-state index in [1.54, 1.807) is 0 Å². The van der Waals surface area contributed by atoms with Gasteiger partial charge in [-0.1, -0.05) is 25.2 Å². The van der Waals surface area contributed by atoms with Crippen LogP contribution in [0.5, 0.6) is 0 Å². The molecule has 0 spiro atoms. The van der Waals surface area contributed by atoms with Gasteiger partial charge in [0, 0.05) is 26.7 Å². The average molecular weight is 310 g/mol. The normalized spacial score (nSPS) is 18.4. The number of anilines is 2. The minimum absolute atomic E-state index is 0.0402. The van der Waals surface area contributed by atoms with Gasteiger partial charge in [-0.2, -0.15) is 0 Å². The number of hydrogen-bond acceptors (Lipinski definition) is 5. The zero-order valence-electron chi connectivity index (χ0n) is 13.5. The molecular formula is C15H26N4OS. The van der Waals surface area contributed by atoms with Crippen LogP contribution in [0.15, 0.2) is 0 Å².